The van der Waals surface area contributed by atoms with Crippen molar-refractivity contribution in [3.05, 3.63) is 100 Å². The van der Waals surface area contributed by atoms with E-state index in [4.69, 9.17) is 0 Å². The van der Waals surface area contributed by atoms with Gasteiger partial charge in [-0.3, -0.25) is 14.9 Å². The minimum Gasteiger partial charge on any atom is -0.337 e. The minimum atomic E-state index is -0.501. The number of H-pyrrole nitrogens is 1. The molecule has 0 spiro atoms. The van der Waals surface area contributed by atoms with Gasteiger partial charge < -0.3 is 4.98 Å². The van der Waals surface area contributed by atoms with Crippen molar-refractivity contribution in [2.24, 2.45) is 5.10 Å². The van der Waals surface area contributed by atoms with Crippen LogP contribution in [0.5, 0.6) is 0 Å². The van der Waals surface area contributed by atoms with E-state index in [0.717, 1.165) is 11.0 Å². The van der Waals surface area contributed by atoms with Gasteiger partial charge in [-0.1, -0.05) is 42.5 Å². The Bertz CT molecular complexity index is 1520. The van der Waals surface area contributed by atoms with Crippen LogP contribution < -0.4 is 5.43 Å². The van der Waals surface area contributed by atoms with Crippen molar-refractivity contribution in [1.29, 1.82) is 0 Å². The second-order valence-electron chi connectivity index (χ2n) is 7.19. The number of aromatic amines is 1. The fraction of sp³-hybridized carbons (Fsp3) is 0. The zero-order valence-corrected chi connectivity index (χ0v) is 17.1. The SMILES string of the molecule is O=C(N/N=C/c1ccccc1[N+](=O)[O-])c1cc(-c2nc3ccccc3[nH]2)nc2ccccc12. The molecule has 0 aliphatic rings. The van der Waals surface area contributed by atoms with E-state index < -0.39 is 10.8 Å². The van der Waals surface area contributed by atoms with Gasteiger partial charge >= 0.3 is 0 Å². The molecular formula is C24H16N6O3. The summed E-state index contributed by atoms with van der Waals surface area (Å²) < 4.78 is 0. The number of nitro benzene ring substituents is 1. The highest BCUT2D eigenvalue weighted by Gasteiger charge is 2.16. The van der Waals surface area contributed by atoms with Crippen molar-refractivity contribution >= 4 is 39.7 Å². The predicted molar refractivity (Wildman–Crippen MR) is 125 cm³/mol. The van der Waals surface area contributed by atoms with Gasteiger partial charge in [-0.2, -0.15) is 5.10 Å². The van der Waals surface area contributed by atoms with Gasteiger partial charge in [0, 0.05) is 11.5 Å². The van der Waals surface area contributed by atoms with E-state index in [1.165, 1.54) is 12.3 Å². The molecule has 160 valence electrons. The molecule has 2 N–H and O–H groups in total. The number of hydrazone groups is 1. The third-order valence-corrected chi connectivity index (χ3v) is 5.10. The number of benzene rings is 3. The molecule has 1 amide bonds. The molecule has 9 nitrogen and oxygen atoms in total. The monoisotopic (exact) mass is 436 g/mol. The van der Waals surface area contributed by atoms with Crippen molar-refractivity contribution in [2.75, 3.05) is 0 Å². The highest BCUT2D eigenvalue weighted by molar-refractivity contribution is 6.07. The number of imidazole rings is 1. The summed E-state index contributed by atoms with van der Waals surface area (Å²) in [6.07, 6.45) is 1.25. The first kappa shape index (κ1) is 20.0. The molecule has 0 aliphatic carbocycles. The molecule has 33 heavy (non-hydrogen) atoms. The number of carbonyl (C=O) groups excluding carboxylic acids is 1. The van der Waals surface area contributed by atoms with Crippen molar-refractivity contribution in [1.82, 2.24) is 20.4 Å². The van der Waals surface area contributed by atoms with Crippen molar-refractivity contribution in [2.45, 2.75) is 0 Å². The topological polar surface area (TPSA) is 126 Å². The quantitative estimate of drug-likeness (QED) is 0.239. The number of hydrogen-bond acceptors (Lipinski definition) is 6. The second kappa shape index (κ2) is 8.31. The average molecular weight is 436 g/mol. The first-order chi connectivity index (χ1) is 16.1. The Kier molecular flexibility index (Phi) is 5.04. The van der Waals surface area contributed by atoms with E-state index in [1.807, 2.05) is 42.5 Å². The largest absolute Gasteiger partial charge is 0.337 e. The van der Waals surface area contributed by atoms with Gasteiger partial charge in [0.05, 0.1) is 38.8 Å². The number of pyridine rings is 1. The first-order valence-electron chi connectivity index (χ1n) is 10.0. The lowest BCUT2D eigenvalue weighted by Crippen LogP contribution is -2.18. The molecule has 5 rings (SSSR count). The lowest BCUT2D eigenvalue weighted by molar-refractivity contribution is -0.385. The van der Waals surface area contributed by atoms with Crippen molar-refractivity contribution < 1.29 is 9.72 Å². The maximum absolute atomic E-state index is 13.0. The summed E-state index contributed by atoms with van der Waals surface area (Å²) in [5.41, 5.74) is 5.80. The fourth-order valence-corrected chi connectivity index (χ4v) is 3.54. The van der Waals surface area contributed by atoms with Crippen LogP contribution in [0.4, 0.5) is 5.69 Å². The molecule has 0 bridgehead atoms. The number of nitrogens with one attached hydrogen (secondary N) is 2. The third-order valence-electron chi connectivity index (χ3n) is 5.10. The fourth-order valence-electron chi connectivity index (χ4n) is 3.54. The minimum absolute atomic E-state index is 0.1000. The summed E-state index contributed by atoms with van der Waals surface area (Å²) in [7, 11) is 0. The van der Waals surface area contributed by atoms with E-state index >= 15 is 0 Å². The number of nitrogens with zero attached hydrogens (tertiary/aromatic N) is 4. The first-order valence-corrected chi connectivity index (χ1v) is 10.0. The molecule has 3 aromatic carbocycles. The number of rotatable bonds is 5. The summed E-state index contributed by atoms with van der Waals surface area (Å²) in [5, 5.41) is 15.7. The number of aromatic nitrogens is 3. The molecular weight excluding hydrogens is 420 g/mol. The molecule has 9 heteroatoms. The maximum atomic E-state index is 13.0. The van der Waals surface area contributed by atoms with Crippen LogP contribution in [0.1, 0.15) is 15.9 Å². The number of hydrogen-bond donors (Lipinski definition) is 2. The molecule has 0 fully saturated rings. The lowest BCUT2D eigenvalue weighted by Gasteiger charge is -2.07. The Labute approximate surface area is 187 Å². The summed E-state index contributed by atoms with van der Waals surface area (Å²) >= 11 is 0. The van der Waals surface area contributed by atoms with Crippen molar-refractivity contribution in [3.63, 3.8) is 0 Å². The average Bonchev–Trinajstić information content (AvgIpc) is 3.28. The molecule has 0 saturated heterocycles. The molecule has 2 heterocycles. The third kappa shape index (κ3) is 3.90. The number of amides is 1. The smallest absolute Gasteiger partial charge is 0.278 e. The van der Waals surface area contributed by atoms with Crippen LogP contribution in [0.25, 0.3) is 33.5 Å². The summed E-state index contributed by atoms with van der Waals surface area (Å²) in [5.74, 6) is 0.0696. The molecule has 0 aliphatic heterocycles. The lowest BCUT2D eigenvalue weighted by atomic mass is 10.1. The summed E-state index contributed by atoms with van der Waals surface area (Å²) in [4.78, 5) is 36.1. The number of para-hydroxylation sites is 4. The van der Waals surface area contributed by atoms with E-state index in [9.17, 15) is 14.9 Å². The van der Waals surface area contributed by atoms with E-state index in [-0.39, 0.29) is 11.3 Å². The van der Waals surface area contributed by atoms with Crippen LogP contribution in [-0.4, -0.2) is 32.0 Å². The van der Waals surface area contributed by atoms with Gasteiger partial charge in [0.15, 0.2) is 5.82 Å². The normalized spacial score (nSPS) is 11.3. The molecule has 0 saturated carbocycles. The predicted octanol–water partition coefficient (Wildman–Crippen LogP) is 4.45. The highest BCUT2D eigenvalue weighted by Crippen LogP contribution is 2.25. The molecule has 0 atom stereocenters. The van der Waals surface area contributed by atoms with Crippen LogP contribution in [-0.2, 0) is 0 Å². The highest BCUT2D eigenvalue weighted by atomic mass is 16.6. The molecule has 5 aromatic rings. The Morgan fingerprint density at radius 3 is 2.52 bits per heavy atom. The zero-order chi connectivity index (χ0) is 22.8. The van der Waals surface area contributed by atoms with Gasteiger partial charge in [0.1, 0.15) is 5.69 Å². The molecule has 0 radical (unpaired) electrons. The summed E-state index contributed by atoms with van der Waals surface area (Å²) in [6.45, 7) is 0. The van der Waals surface area contributed by atoms with E-state index in [2.05, 4.69) is 25.5 Å². The maximum Gasteiger partial charge on any atom is 0.278 e. The Morgan fingerprint density at radius 2 is 1.70 bits per heavy atom. The van der Waals surface area contributed by atoms with E-state index in [0.29, 0.717) is 28.0 Å². The molecule has 0 unspecified atom stereocenters. The number of nitro groups is 1. The standard InChI is InChI=1S/C24H16N6O3/c31-24(29-25-14-15-7-1-6-12-22(15)30(32)33)17-13-21(26-18-9-3-2-8-16(17)18)23-27-19-10-4-5-11-20(19)28-23/h1-14H,(H,27,28)(H,29,31)/b25-14+. The Morgan fingerprint density at radius 1 is 0.970 bits per heavy atom. The van der Waals surface area contributed by atoms with Gasteiger partial charge in [0.25, 0.3) is 11.6 Å². The number of fused-ring (bicyclic) bond motifs is 2. The Balaban J connectivity index is 1.51. The van der Waals surface area contributed by atoms with E-state index in [1.54, 1.807) is 30.3 Å². The molecule has 2 aromatic heterocycles. The van der Waals surface area contributed by atoms with Gasteiger partial charge in [-0.15, -0.1) is 0 Å². The van der Waals surface area contributed by atoms with Crippen LogP contribution in [0, 0.1) is 10.1 Å². The number of carbonyl (C=O) groups is 1. The Hall–Kier alpha value is -4.92. The van der Waals surface area contributed by atoms with Crippen LogP contribution in [0.2, 0.25) is 0 Å². The van der Waals surface area contributed by atoms with Gasteiger partial charge in [0.2, 0.25) is 0 Å². The summed E-state index contributed by atoms with van der Waals surface area (Å²) in [6, 6.07) is 22.7. The van der Waals surface area contributed by atoms with Crippen LogP contribution in [0.15, 0.2) is 84.0 Å². The van der Waals surface area contributed by atoms with Crippen LogP contribution >= 0.6 is 0 Å². The van der Waals surface area contributed by atoms with Crippen LogP contribution in [0.3, 0.4) is 0 Å². The van der Waals surface area contributed by atoms with Crippen molar-refractivity contribution in [3.8, 4) is 11.5 Å². The van der Waals surface area contributed by atoms with Gasteiger partial charge in [-0.25, -0.2) is 15.4 Å². The zero-order valence-electron chi connectivity index (χ0n) is 17.1. The van der Waals surface area contributed by atoms with Gasteiger partial charge in [-0.05, 0) is 30.3 Å². The second-order valence-corrected chi connectivity index (χ2v) is 7.19.